The van der Waals surface area contributed by atoms with Gasteiger partial charge in [-0.1, -0.05) is 6.92 Å². The maximum Gasteiger partial charge on any atom is 0.276 e. The summed E-state index contributed by atoms with van der Waals surface area (Å²) in [6.45, 7) is 9.24. The first-order chi connectivity index (χ1) is 13.4. The predicted molar refractivity (Wildman–Crippen MR) is 109 cm³/mol. The number of aryl methyl sites for hydroxylation is 1. The summed E-state index contributed by atoms with van der Waals surface area (Å²) in [7, 11) is 0. The highest BCUT2D eigenvalue weighted by molar-refractivity contribution is 5.95. The molecule has 2 heterocycles. The van der Waals surface area contributed by atoms with Crippen LogP contribution in [0.25, 0.3) is 17.3 Å². The lowest BCUT2D eigenvalue weighted by Gasteiger charge is -2.04. The Kier molecular flexibility index (Phi) is 5.54. The van der Waals surface area contributed by atoms with Crippen molar-refractivity contribution < 1.29 is 9.18 Å². The molecule has 28 heavy (non-hydrogen) atoms. The minimum atomic E-state index is -0.295. The van der Waals surface area contributed by atoms with Gasteiger partial charge >= 0.3 is 0 Å². The Morgan fingerprint density at radius 1 is 1.36 bits per heavy atom. The first-order valence-electron chi connectivity index (χ1n) is 8.92. The number of aliphatic imine (C=N–C) groups is 1. The number of carbonyl (C=O) groups is 1. The first kappa shape index (κ1) is 19.3. The Morgan fingerprint density at radius 3 is 2.68 bits per heavy atom. The maximum absolute atomic E-state index is 13.1. The third kappa shape index (κ3) is 3.93. The van der Waals surface area contributed by atoms with Crippen LogP contribution >= 0.6 is 0 Å². The van der Waals surface area contributed by atoms with E-state index >= 15 is 0 Å². The molecular weight excluding hydrogens is 357 g/mol. The van der Waals surface area contributed by atoms with Crippen molar-refractivity contribution in [3.05, 3.63) is 64.4 Å². The molecule has 0 aliphatic heterocycles. The van der Waals surface area contributed by atoms with Gasteiger partial charge in [-0.05, 0) is 69.0 Å². The number of rotatable bonds is 6. The number of amides is 1. The summed E-state index contributed by atoms with van der Waals surface area (Å²) in [5.74, 6) is -0.00214. The van der Waals surface area contributed by atoms with E-state index in [1.165, 1.54) is 12.1 Å². The van der Waals surface area contributed by atoms with Crippen molar-refractivity contribution in [1.29, 1.82) is 0 Å². The molecule has 144 valence electrons. The number of benzene rings is 1. The van der Waals surface area contributed by atoms with Gasteiger partial charge in [0.05, 0.1) is 0 Å². The van der Waals surface area contributed by atoms with Crippen LogP contribution in [0.1, 0.15) is 41.2 Å². The van der Waals surface area contributed by atoms with Crippen LogP contribution in [0, 0.1) is 12.7 Å². The fraction of sp³-hybridized carbons (Fsp3) is 0.190. The molecule has 3 N–H and O–H groups in total. The molecule has 3 aromatic rings. The van der Waals surface area contributed by atoms with Crippen molar-refractivity contribution >= 4 is 24.5 Å². The lowest BCUT2D eigenvalue weighted by Crippen LogP contribution is -2.22. The molecule has 0 unspecified atom stereocenters. The highest BCUT2D eigenvalue weighted by Gasteiger charge is 2.16. The monoisotopic (exact) mass is 379 g/mol. The Morgan fingerprint density at radius 2 is 2.07 bits per heavy atom. The standard InChI is InChI=1S/C21H22FN5O/c1-5-17-13(3)19(27-26-17)21(28)24-12(2)10-15-11-18(25-20(15)23-4)14-6-8-16(22)9-7-14/h6-11,25H,4-5H2,1-3H3,(H,24,28)(H,26,27)/b12-10+. The van der Waals surface area contributed by atoms with Gasteiger partial charge in [-0.2, -0.15) is 5.10 Å². The summed E-state index contributed by atoms with van der Waals surface area (Å²) in [5, 5.41) is 9.83. The summed E-state index contributed by atoms with van der Waals surface area (Å²) in [6.07, 6.45) is 2.58. The summed E-state index contributed by atoms with van der Waals surface area (Å²) >= 11 is 0. The van der Waals surface area contributed by atoms with Crippen LogP contribution in [0.5, 0.6) is 0 Å². The molecule has 0 fully saturated rings. The van der Waals surface area contributed by atoms with Crippen LogP contribution < -0.4 is 5.32 Å². The molecule has 0 atom stereocenters. The number of hydrogen-bond acceptors (Lipinski definition) is 3. The number of nitrogens with one attached hydrogen (secondary N) is 3. The number of nitrogens with zero attached hydrogens (tertiary/aromatic N) is 2. The van der Waals surface area contributed by atoms with E-state index in [0.29, 0.717) is 17.2 Å². The minimum Gasteiger partial charge on any atom is -0.339 e. The van der Waals surface area contributed by atoms with Gasteiger partial charge in [0.15, 0.2) is 5.69 Å². The molecule has 7 heteroatoms. The third-order valence-electron chi connectivity index (χ3n) is 4.50. The molecule has 0 saturated carbocycles. The molecular formula is C21H22FN5O. The van der Waals surface area contributed by atoms with Crippen molar-refractivity contribution in [1.82, 2.24) is 20.5 Å². The number of aromatic nitrogens is 3. The fourth-order valence-corrected chi connectivity index (χ4v) is 2.99. The maximum atomic E-state index is 13.1. The van der Waals surface area contributed by atoms with Crippen LogP contribution in [0.15, 0.2) is 41.0 Å². The number of aromatic amines is 2. The van der Waals surface area contributed by atoms with Gasteiger partial charge in [-0.25, -0.2) is 9.38 Å². The van der Waals surface area contributed by atoms with E-state index in [1.807, 2.05) is 19.9 Å². The van der Waals surface area contributed by atoms with Gasteiger partial charge in [-0.3, -0.25) is 9.89 Å². The highest BCUT2D eigenvalue weighted by Crippen LogP contribution is 2.28. The molecule has 1 aromatic carbocycles. The largest absolute Gasteiger partial charge is 0.339 e. The average Bonchev–Trinajstić information content (AvgIpc) is 3.25. The van der Waals surface area contributed by atoms with E-state index in [1.54, 1.807) is 25.1 Å². The Labute approximate surface area is 162 Å². The lowest BCUT2D eigenvalue weighted by molar-refractivity contribution is 0.0961. The topological polar surface area (TPSA) is 85.9 Å². The van der Waals surface area contributed by atoms with Crippen LogP contribution in [0.4, 0.5) is 10.2 Å². The molecule has 3 rings (SSSR count). The van der Waals surface area contributed by atoms with Gasteiger partial charge in [0.1, 0.15) is 11.6 Å². The number of carbonyl (C=O) groups excluding carboxylic acids is 1. The quantitative estimate of drug-likeness (QED) is 0.549. The zero-order valence-corrected chi connectivity index (χ0v) is 16.1. The van der Waals surface area contributed by atoms with E-state index < -0.39 is 0 Å². The number of allylic oxidation sites excluding steroid dienone is 1. The molecule has 6 nitrogen and oxygen atoms in total. The summed E-state index contributed by atoms with van der Waals surface area (Å²) in [6, 6.07) is 8.04. The van der Waals surface area contributed by atoms with Crippen LogP contribution in [-0.2, 0) is 6.42 Å². The second-order valence-corrected chi connectivity index (χ2v) is 6.46. The van der Waals surface area contributed by atoms with Crippen molar-refractivity contribution in [2.24, 2.45) is 4.99 Å². The molecule has 0 saturated heterocycles. The zero-order valence-electron chi connectivity index (χ0n) is 16.1. The van der Waals surface area contributed by atoms with E-state index in [0.717, 1.165) is 34.5 Å². The lowest BCUT2D eigenvalue weighted by atomic mass is 10.1. The minimum absolute atomic E-state index is 0.274. The van der Waals surface area contributed by atoms with Crippen molar-refractivity contribution in [3.8, 4) is 11.3 Å². The van der Waals surface area contributed by atoms with E-state index in [9.17, 15) is 9.18 Å². The predicted octanol–water partition coefficient (Wildman–Crippen LogP) is 4.54. The van der Waals surface area contributed by atoms with E-state index in [2.05, 4.69) is 32.2 Å². The second-order valence-electron chi connectivity index (χ2n) is 6.46. The number of H-pyrrole nitrogens is 2. The molecule has 0 radical (unpaired) electrons. The smallest absolute Gasteiger partial charge is 0.276 e. The molecule has 0 spiro atoms. The molecule has 1 amide bonds. The Bertz CT molecular complexity index is 1040. The third-order valence-corrected chi connectivity index (χ3v) is 4.50. The van der Waals surface area contributed by atoms with Gasteiger partial charge in [0.2, 0.25) is 0 Å². The van der Waals surface area contributed by atoms with E-state index in [4.69, 9.17) is 0 Å². The van der Waals surface area contributed by atoms with Crippen molar-refractivity contribution in [3.63, 3.8) is 0 Å². The van der Waals surface area contributed by atoms with Gasteiger partial charge in [0, 0.05) is 28.2 Å². The van der Waals surface area contributed by atoms with E-state index in [-0.39, 0.29) is 11.7 Å². The second kappa shape index (κ2) is 8.04. The summed E-state index contributed by atoms with van der Waals surface area (Å²) in [5.41, 5.74) is 5.18. The van der Waals surface area contributed by atoms with Gasteiger partial charge in [-0.15, -0.1) is 0 Å². The number of halogens is 1. The van der Waals surface area contributed by atoms with Crippen LogP contribution in [0.2, 0.25) is 0 Å². The normalized spacial score (nSPS) is 11.5. The summed E-state index contributed by atoms with van der Waals surface area (Å²) in [4.78, 5) is 19.6. The molecule has 0 aliphatic rings. The highest BCUT2D eigenvalue weighted by atomic mass is 19.1. The fourth-order valence-electron chi connectivity index (χ4n) is 2.99. The molecule has 2 aromatic heterocycles. The van der Waals surface area contributed by atoms with Crippen molar-refractivity contribution in [2.75, 3.05) is 0 Å². The zero-order chi connectivity index (χ0) is 20.3. The van der Waals surface area contributed by atoms with Gasteiger partial charge in [0.25, 0.3) is 5.91 Å². The first-order valence-corrected chi connectivity index (χ1v) is 8.92. The molecule has 0 bridgehead atoms. The average molecular weight is 379 g/mol. The molecule has 0 aliphatic carbocycles. The Hall–Kier alpha value is -3.48. The van der Waals surface area contributed by atoms with Gasteiger partial charge < -0.3 is 10.3 Å². The van der Waals surface area contributed by atoms with Crippen LogP contribution in [-0.4, -0.2) is 27.8 Å². The summed E-state index contributed by atoms with van der Waals surface area (Å²) < 4.78 is 13.1. The SMILES string of the molecule is C=Nc1[nH]c(-c2ccc(F)cc2)cc1/C=C(\C)NC(=O)c1n[nH]c(CC)c1C. The van der Waals surface area contributed by atoms with Crippen molar-refractivity contribution in [2.45, 2.75) is 27.2 Å². The Balaban J connectivity index is 1.83. The number of hydrogen-bond donors (Lipinski definition) is 3. The van der Waals surface area contributed by atoms with Crippen LogP contribution in [0.3, 0.4) is 0 Å².